The van der Waals surface area contributed by atoms with Crippen LogP contribution < -0.4 is 10.1 Å². The molecule has 0 saturated carbocycles. The Labute approximate surface area is 136 Å². The summed E-state index contributed by atoms with van der Waals surface area (Å²) in [5.41, 5.74) is 1.14. The fraction of sp³-hybridized carbons (Fsp3) is 0.188. The fourth-order valence-corrected chi connectivity index (χ4v) is 3.32. The van der Waals surface area contributed by atoms with Crippen molar-refractivity contribution in [1.29, 1.82) is 0 Å². The van der Waals surface area contributed by atoms with Crippen molar-refractivity contribution < 1.29 is 13.9 Å². The van der Waals surface area contributed by atoms with Gasteiger partial charge in [0.15, 0.2) is 5.76 Å². The molecule has 0 saturated heterocycles. The molecule has 0 unspecified atom stereocenters. The van der Waals surface area contributed by atoms with Crippen LogP contribution in [0.1, 0.15) is 17.3 Å². The van der Waals surface area contributed by atoms with Gasteiger partial charge in [0.2, 0.25) is 0 Å². The number of halogens is 1. The minimum absolute atomic E-state index is 0.202. The first-order chi connectivity index (χ1) is 10.6. The van der Waals surface area contributed by atoms with Crippen LogP contribution in [0.15, 0.2) is 34.7 Å². The number of nitrogens with one attached hydrogen (secondary N) is 1. The Balaban J connectivity index is 2.25. The van der Waals surface area contributed by atoms with Gasteiger partial charge in [-0.05, 0) is 37.3 Å². The minimum atomic E-state index is -0.202. The molecule has 1 aromatic carbocycles. The Hall–Kier alpha value is -1.98. The van der Waals surface area contributed by atoms with Crippen LogP contribution in [-0.4, -0.2) is 19.6 Å². The second-order valence-electron chi connectivity index (χ2n) is 4.58. The number of ether oxygens (including phenoxy) is 1. The number of hydrogen-bond acceptors (Lipinski definition) is 4. The standard InChI is InChI=1S/C16H14ClNO3S/c1-3-20-9-4-5-11-10(8-9)14(16(19)18-2)15(21-11)12-6-7-13(17)22-12/h4-8H,3H2,1-2H3,(H,18,19). The first-order valence-corrected chi connectivity index (χ1v) is 8.00. The summed E-state index contributed by atoms with van der Waals surface area (Å²) in [5, 5.41) is 3.39. The highest BCUT2D eigenvalue weighted by atomic mass is 35.5. The van der Waals surface area contributed by atoms with Crippen LogP contribution >= 0.6 is 22.9 Å². The van der Waals surface area contributed by atoms with E-state index in [4.69, 9.17) is 20.8 Å². The number of carbonyl (C=O) groups is 1. The van der Waals surface area contributed by atoms with E-state index in [-0.39, 0.29) is 5.91 Å². The highest BCUT2D eigenvalue weighted by molar-refractivity contribution is 7.19. The molecule has 0 spiro atoms. The molecule has 4 nitrogen and oxygen atoms in total. The van der Waals surface area contributed by atoms with Gasteiger partial charge >= 0.3 is 0 Å². The Kier molecular flexibility index (Phi) is 4.09. The van der Waals surface area contributed by atoms with E-state index in [9.17, 15) is 4.79 Å². The van der Waals surface area contributed by atoms with Crippen molar-refractivity contribution in [3.8, 4) is 16.4 Å². The molecule has 2 heterocycles. The van der Waals surface area contributed by atoms with Crippen LogP contribution in [-0.2, 0) is 0 Å². The number of amides is 1. The molecule has 0 aliphatic heterocycles. The van der Waals surface area contributed by atoms with Crippen LogP contribution in [0, 0.1) is 0 Å². The Morgan fingerprint density at radius 3 is 2.82 bits per heavy atom. The summed E-state index contributed by atoms with van der Waals surface area (Å²) in [6.07, 6.45) is 0. The van der Waals surface area contributed by atoms with E-state index >= 15 is 0 Å². The fourth-order valence-electron chi connectivity index (χ4n) is 2.29. The lowest BCUT2D eigenvalue weighted by Gasteiger charge is -2.03. The van der Waals surface area contributed by atoms with Crippen LogP contribution in [0.25, 0.3) is 21.6 Å². The van der Waals surface area contributed by atoms with E-state index in [1.54, 1.807) is 13.1 Å². The highest BCUT2D eigenvalue weighted by Gasteiger charge is 2.22. The summed E-state index contributed by atoms with van der Waals surface area (Å²) in [6.45, 7) is 2.48. The zero-order chi connectivity index (χ0) is 15.7. The lowest BCUT2D eigenvalue weighted by molar-refractivity contribution is 0.0965. The molecule has 3 rings (SSSR count). The lowest BCUT2D eigenvalue weighted by atomic mass is 10.1. The SMILES string of the molecule is CCOc1ccc2oc(-c3ccc(Cl)s3)c(C(=O)NC)c2c1. The van der Waals surface area contributed by atoms with Crippen molar-refractivity contribution in [2.75, 3.05) is 13.7 Å². The second kappa shape index (κ2) is 6.02. The molecular formula is C16H14ClNO3S. The van der Waals surface area contributed by atoms with Gasteiger partial charge in [0.1, 0.15) is 11.3 Å². The number of carbonyl (C=O) groups excluding carboxylic acids is 1. The van der Waals surface area contributed by atoms with E-state index in [1.807, 2.05) is 31.2 Å². The average molecular weight is 336 g/mol. The Morgan fingerprint density at radius 1 is 1.36 bits per heavy atom. The number of benzene rings is 1. The zero-order valence-corrected chi connectivity index (χ0v) is 13.7. The van der Waals surface area contributed by atoms with Gasteiger partial charge in [-0.25, -0.2) is 0 Å². The largest absolute Gasteiger partial charge is 0.494 e. The van der Waals surface area contributed by atoms with E-state index < -0.39 is 0 Å². The molecule has 0 atom stereocenters. The van der Waals surface area contributed by atoms with E-state index in [1.165, 1.54) is 11.3 Å². The van der Waals surface area contributed by atoms with Crippen molar-refractivity contribution >= 4 is 39.8 Å². The van der Waals surface area contributed by atoms with Crippen molar-refractivity contribution in [3.05, 3.63) is 40.2 Å². The van der Waals surface area contributed by atoms with Crippen LogP contribution in [0.3, 0.4) is 0 Å². The van der Waals surface area contributed by atoms with Gasteiger partial charge in [-0.3, -0.25) is 4.79 Å². The molecular weight excluding hydrogens is 322 g/mol. The van der Waals surface area contributed by atoms with Crippen LogP contribution in [0.2, 0.25) is 4.34 Å². The van der Waals surface area contributed by atoms with E-state index in [2.05, 4.69) is 5.32 Å². The topological polar surface area (TPSA) is 51.5 Å². The molecule has 22 heavy (non-hydrogen) atoms. The van der Waals surface area contributed by atoms with Gasteiger partial charge < -0.3 is 14.5 Å². The number of furan rings is 1. The van der Waals surface area contributed by atoms with Gasteiger partial charge in [-0.1, -0.05) is 11.6 Å². The summed E-state index contributed by atoms with van der Waals surface area (Å²) in [4.78, 5) is 13.1. The normalized spacial score (nSPS) is 10.9. The first-order valence-electron chi connectivity index (χ1n) is 6.81. The smallest absolute Gasteiger partial charge is 0.255 e. The van der Waals surface area contributed by atoms with Crippen molar-refractivity contribution in [3.63, 3.8) is 0 Å². The van der Waals surface area contributed by atoms with Crippen molar-refractivity contribution in [2.24, 2.45) is 0 Å². The Morgan fingerprint density at radius 2 is 2.18 bits per heavy atom. The molecule has 0 bridgehead atoms. The first kappa shape index (κ1) is 14.9. The molecule has 0 fully saturated rings. The molecule has 0 aliphatic carbocycles. The van der Waals surface area contributed by atoms with Gasteiger partial charge in [-0.15, -0.1) is 11.3 Å². The van der Waals surface area contributed by atoms with E-state index in [0.717, 1.165) is 10.3 Å². The molecule has 114 valence electrons. The summed E-state index contributed by atoms with van der Waals surface area (Å²) in [7, 11) is 1.60. The second-order valence-corrected chi connectivity index (χ2v) is 6.30. The number of thiophene rings is 1. The van der Waals surface area contributed by atoms with Crippen molar-refractivity contribution in [1.82, 2.24) is 5.32 Å². The molecule has 0 aliphatic rings. The summed E-state index contributed by atoms with van der Waals surface area (Å²) in [6, 6.07) is 9.10. The molecule has 6 heteroatoms. The van der Waals surface area contributed by atoms with Gasteiger partial charge in [0, 0.05) is 12.4 Å². The Bertz CT molecular complexity index is 837. The quantitative estimate of drug-likeness (QED) is 0.759. The van der Waals surface area contributed by atoms with Crippen LogP contribution in [0.5, 0.6) is 5.75 Å². The summed E-state index contributed by atoms with van der Waals surface area (Å²) in [5.74, 6) is 1.03. The lowest BCUT2D eigenvalue weighted by Crippen LogP contribution is -2.18. The predicted octanol–water partition coefficient (Wildman–Crippen LogP) is 4.57. The van der Waals surface area contributed by atoms with Crippen LogP contribution in [0.4, 0.5) is 0 Å². The maximum Gasteiger partial charge on any atom is 0.255 e. The zero-order valence-electron chi connectivity index (χ0n) is 12.1. The van der Waals surface area contributed by atoms with E-state index in [0.29, 0.717) is 33.6 Å². The third-order valence-corrected chi connectivity index (χ3v) is 4.45. The third kappa shape index (κ3) is 2.58. The van der Waals surface area contributed by atoms with Crippen molar-refractivity contribution in [2.45, 2.75) is 6.92 Å². The molecule has 1 amide bonds. The maximum absolute atomic E-state index is 12.3. The number of hydrogen-bond donors (Lipinski definition) is 1. The summed E-state index contributed by atoms with van der Waals surface area (Å²) < 4.78 is 12.0. The highest BCUT2D eigenvalue weighted by Crippen LogP contribution is 2.39. The maximum atomic E-state index is 12.3. The number of fused-ring (bicyclic) bond motifs is 1. The van der Waals surface area contributed by atoms with Gasteiger partial charge in [0.25, 0.3) is 5.91 Å². The monoisotopic (exact) mass is 335 g/mol. The van der Waals surface area contributed by atoms with Gasteiger partial charge in [0.05, 0.1) is 21.4 Å². The van der Waals surface area contributed by atoms with Gasteiger partial charge in [-0.2, -0.15) is 0 Å². The molecule has 0 radical (unpaired) electrons. The average Bonchev–Trinajstić information content (AvgIpc) is 3.10. The summed E-state index contributed by atoms with van der Waals surface area (Å²) >= 11 is 7.37. The predicted molar refractivity (Wildman–Crippen MR) is 89.1 cm³/mol. The minimum Gasteiger partial charge on any atom is -0.494 e. The third-order valence-electron chi connectivity index (χ3n) is 3.22. The molecule has 2 aromatic heterocycles. The molecule has 1 N–H and O–H groups in total. The molecule has 3 aromatic rings. The number of rotatable bonds is 4.